The molecule has 0 spiro atoms. The molecule has 0 aliphatic carbocycles. The van der Waals surface area contributed by atoms with Gasteiger partial charge in [-0.05, 0) is 37.5 Å². The van der Waals surface area contributed by atoms with Gasteiger partial charge in [0.2, 0.25) is 0 Å². The molecule has 0 atom stereocenters. The van der Waals surface area contributed by atoms with Gasteiger partial charge in [0.1, 0.15) is 0 Å². The average molecular weight is 229 g/mol. The molecule has 0 radical (unpaired) electrons. The summed E-state index contributed by atoms with van der Waals surface area (Å²) >= 11 is 0. The summed E-state index contributed by atoms with van der Waals surface area (Å²) in [5, 5.41) is 4.52. The Morgan fingerprint density at radius 1 is 1.24 bits per heavy atom. The van der Waals surface area contributed by atoms with Crippen LogP contribution < -0.4 is 5.73 Å². The normalized spacial score (nSPS) is 10.8. The molecule has 3 heteroatoms. The molecule has 90 valence electrons. The minimum Gasteiger partial charge on any atom is -0.398 e. The van der Waals surface area contributed by atoms with Gasteiger partial charge in [-0.25, -0.2) is 0 Å². The van der Waals surface area contributed by atoms with E-state index in [1.54, 1.807) is 0 Å². The Morgan fingerprint density at radius 3 is 2.71 bits per heavy atom. The van der Waals surface area contributed by atoms with Crippen molar-refractivity contribution >= 4 is 5.69 Å². The van der Waals surface area contributed by atoms with Crippen LogP contribution in [0.1, 0.15) is 24.6 Å². The van der Waals surface area contributed by atoms with Crippen molar-refractivity contribution < 1.29 is 0 Å². The van der Waals surface area contributed by atoms with Crippen LogP contribution in [0, 0.1) is 13.8 Å². The molecular weight excluding hydrogens is 210 g/mol. The van der Waals surface area contributed by atoms with Gasteiger partial charge >= 0.3 is 0 Å². The van der Waals surface area contributed by atoms with Gasteiger partial charge in [-0.15, -0.1) is 0 Å². The summed E-state index contributed by atoms with van der Waals surface area (Å²) in [6, 6.07) is 6.03. The maximum Gasteiger partial charge on any atom is 0.0672 e. The van der Waals surface area contributed by atoms with Crippen molar-refractivity contribution in [2.24, 2.45) is 0 Å². The second-order valence-electron chi connectivity index (χ2n) is 4.41. The Morgan fingerprint density at radius 2 is 2.00 bits per heavy atom. The van der Waals surface area contributed by atoms with Gasteiger partial charge in [0, 0.05) is 24.0 Å². The zero-order valence-corrected chi connectivity index (χ0v) is 10.7. The van der Waals surface area contributed by atoms with Crippen LogP contribution >= 0.6 is 0 Å². The summed E-state index contributed by atoms with van der Waals surface area (Å²) in [7, 11) is 0. The maximum atomic E-state index is 5.95. The second kappa shape index (κ2) is 4.62. The standard InChI is InChI=1S/C14H19N3/c1-4-8-17-9-13(11(3)16-17)12-6-5-7-14(15)10(12)2/h5-7,9H,4,8,15H2,1-3H3. The van der Waals surface area contributed by atoms with Crippen molar-refractivity contribution in [3.63, 3.8) is 0 Å². The molecule has 0 saturated carbocycles. The Balaban J connectivity index is 2.49. The van der Waals surface area contributed by atoms with Crippen molar-refractivity contribution in [2.75, 3.05) is 5.73 Å². The number of nitrogen functional groups attached to an aromatic ring is 1. The fourth-order valence-corrected chi connectivity index (χ4v) is 2.07. The van der Waals surface area contributed by atoms with Gasteiger partial charge in [-0.1, -0.05) is 19.1 Å². The molecule has 0 fully saturated rings. The third-order valence-corrected chi connectivity index (χ3v) is 3.06. The van der Waals surface area contributed by atoms with Gasteiger partial charge in [0.15, 0.2) is 0 Å². The lowest BCUT2D eigenvalue weighted by Crippen LogP contribution is -1.96. The Kier molecular flexibility index (Phi) is 3.18. The zero-order valence-electron chi connectivity index (χ0n) is 10.7. The van der Waals surface area contributed by atoms with E-state index >= 15 is 0 Å². The largest absolute Gasteiger partial charge is 0.398 e. The van der Waals surface area contributed by atoms with E-state index in [9.17, 15) is 0 Å². The highest BCUT2D eigenvalue weighted by Gasteiger charge is 2.10. The number of nitrogens with zero attached hydrogens (tertiary/aromatic N) is 2. The third-order valence-electron chi connectivity index (χ3n) is 3.06. The molecule has 3 nitrogen and oxygen atoms in total. The molecule has 0 unspecified atom stereocenters. The molecule has 0 aliphatic heterocycles. The van der Waals surface area contributed by atoms with Crippen molar-refractivity contribution in [1.29, 1.82) is 0 Å². The zero-order chi connectivity index (χ0) is 12.4. The van der Waals surface area contributed by atoms with E-state index in [1.807, 2.05) is 23.7 Å². The summed E-state index contributed by atoms with van der Waals surface area (Å²) in [5.74, 6) is 0. The number of hydrogen-bond donors (Lipinski definition) is 1. The monoisotopic (exact) mass is 229 g/mol. The quantitative estimate of drug-likeness (QED) is 0.822. The van der Waals surface area contributed by atoms with Gasteiger partial charge in [-0.2, -0.15) is 5.10 Å². The predicted octanol–water partition coefficient (Wildman–Crippen LogP) is 3.16. The molecule has 17 heavy (non-hydrogen) atoms. The van der Waals surface area contributed by atoms with Crippen molar-refractivity contribution in [2.45, 2.75) is 33.7 Å². The summed E-state index contributed by atoms with van der Waals surface area (Å²) in [4.78, 5) is 0. The number of nitrogens with two attached hydrogens (primary N) is 1. The highest BCUT2D eigenvalue weighted by molar-refractivity contribution is 5.73. The highest BCUT2D eigenvalue weighted by Crippen LogP contribution is 2.28. The minimum atomic E-state index is 0.838. The van der Waals surface area contributed by atoms with Crippen molar-refractivity contribution in [1.82, 2.24) is 9.78 Å². The predicted molar refractivity (Wildman–Crippen MR) is 71.8 cm³/mol. The van der Waals surface area contributed by atoms with Crippen LogP contribution in [0.4, 0.5) is 5.69 Å². The van der Waals surface area contributed by atoms with Crippen LogP contribution in [0.25, 0.3) is 11.1 Å². The summed E-state index contributed by atoms with van der Waals surface area (Å²) in [6.45, 7) is 7.22. The van der Waals surface area contributed by atoms with E-state index in [4.69, 9.17) is 5.73 Å². The van der Waals surface area contributed by atoms with E-state index in [0.29, 0.717) is 0 Å². The molecular formula is C14H19N3. The minimum absolute atomic E-state index is 0.838. The topological polar surface area (TPSA) is 43.8 Å². The fourth-order valence-electron chi connectivity index (χ4n) is 2.07. The summed E-state index contributed by atoms with van der Waals surface area (Å²) < 4.78 is 2.01. The molecule has 0 bridgehead atoms. The molecule has 1 aromatic carbocycles. The first kappa shape index (κ1) is 11.7. The molecule has 1 aromatic heterocycles. The molecule has 2 rings (SSSR count). The van der Waals surface area contributed by atoms with Crippen LogP contribution in [-0.2, 0) is 6.54 Å². The average Bonchev–Trinajstić information content (AvgIpc) is 2.64. The van der Waals surface area contributed by atoms with Crippen LogP contribution in [0.5, 0.6) is 0 Å². The highest BCUT2D eigenvalue weighted by atomic mass is 15.3. The fraction of sp³-hybridized carbons (Fsp3) is 0.357. The van der Waals surface area contributed by atoms with Crippen LogP contribution in [0.3, 0.4) is 0 Å². The molecule has 0 aliphatic rings. The van der Waals surface area contributed by atoms with Crippen LogP contribution in [0.2, 0.25) is 0 Å². The molecule has 2 N–H and O–H groups in total. The van der Waals surface area contributed by atoms with E-state index < -0.39 is 0 Å². The summed E-state index contributed by atoms with van der Waals surface area (Å²) in [6.07, 6.45) is 3.21. The SMILES string of the molecule is CCCn1cc(-c2cccc(N)c2C)c(C)n1. The first-order valence-electron chi connectivity index (χ1n) is 6.03. The van der Waals surface area contributed by atoms with E-state index in [0.717, 1.165) is 29.9 Å². The Labute approximate surface area is 102 Å². The summed E-state index contributed by atoms with van der Waals surface area (Å²) in [5.41, 5.74) is 11.3. The number of benzene rings is 1. The van der Waals surface area contributed by atoms with Gasteiger partial charge in [0.05, 0.1) is 5.69 Å². The number of anilines is 1. The van der Waals surface area contributed by atoms with Crippen molar-refractivity contribution in [3.05, 3.63) is 35.7 Å². The van der Waals surface area contributed by atoms with E-state index in [2.05, 4.69) is 31.2 Å². The smallest absolute Gasteiger partial charge is 0.0672 e. The van der Waals surface area contributed by atoms with Crippen LogP contribution in [-0.4, -0.2) is 9.78 Å². The lowest BCUT2D eigenvalue weighted by atomic mass is 10.0. The van der Waals surface area contributed by atoms with E-state index in [-0.39, 0.29) is 0 Å². The Hall–Kier alpha value is -1.77. The molecule has 0 amide bonds. The maximum absolute atomic E-state index is 5.95. The number of hydrogen-bond acceptors (Lipinski definition) is 2. The van der Waals surface area contributed by atoms with Crippen LogP contribution in [0.15, 0.2) is 24.4 Å². The molecule has 1 heterocycles. The van der Waals surface area contributed by atoms with E-state index in [1.165, 1.54) is 11.1 Å². The third kappa shape index (κ3) is 2.18. The number of aromatic nitrogens is 2. The van der Waals surface area contributed by atoms with Gasteiger partial charge in [0.25, 0.3) is 0 Å². The second-order valence-corrected chi connectivity index (χ2v) is 4.41. The first-order valence-corrected chi connectivity index (χ1v) is 6.03. The lowest BCUT2D eigenvalue weighted by molar-refractivity contribution is 0.598. The Bertz CT molecular complexity index is 526. The first-order chi connectivity index (χ1) is 8.13. The van der Waals surface area contributed by atoms with Gasteiger partial charge in [-0.3, -0.25) is 4.68 Å². The van der Waals surface area contributed by atoms with Gasteiger partial charge < -0.3 is 5.73 Å². The lowest BCUT2D eigenvalue weighted by Gasteiger charge is -2.06. The number of rotatable bonds is 3. The number of aryl methyl sites for hydroxylation is 2. The molecule has 2 aromatic rings. The van der Waals surface area contributed by atoms with Crippen molar-refractivity contribution in [3.8, 4) is 11.1 Å². The molecule has 0 saturated heterocycles.